The van der Waals surface area contributed by atoms with Gasteiger partial charge in [0.15, 0.2) is 0 Å². The summed E-state index contributed by atoms with van der Waals surface area (Å²) in [6.45, 7) is 3.25. The van der Waals surface area contributed by atoms with Crippen LogP contribution < -0.4 is 10.1 Å². The highest BCUT2D eigenvalue weighted by atomic mass is 35.5. The van der Waals surface area contributed by atoms with E-state index in [1.807, 2.05) is 4.90 Å². The monoisotopic (exact) mass is 372 g/mol. The molecule has 1 aromatic carbocycles. The maximum absolute atomic E-state index is 12.3. The molecule has 0 radical (unpaired) electrons. The number of carbonyl (C=O) groups excluding carboxylic acids is 2. The Morgan fingerprint density at radius 3 is 2.88 bits per heavy atom. The van der Waals surface area contributed by atoms with Gasteiger partial charge in [-0.2, -0.15) is 0 Å². The normalized spacial score (nSPS) is 17.5. The molecule has 0 aliphatic carbocycles. The van der Waals surface area contributed by atoms with Gasteiger partial charge in [0, 0.05) is 37.5 Å². The fourth-order valence-corrected chi connectivity index (χ4v) is 3.23. The minimum Gasteiger partial charge on any atom is -0.492 e. The number of piperidine rings is 1. The number of benzene rings is 1. The van der Waals surface area contributed by atoms with Crippen LogP contribution in [0.5, 0.6) is 5.75 Å². The van der Waals surface area contributed by atoms with Crippen molar-refractivity contribution in [1.29, 1.82) is 0 Å². The lowest BCUT2D eigenvalue weighted by Gasteiger charge is -2.33. The predicted molar refractivity (Wildman–Crippen MR) is 94.6 cm³/mol. The number of likely N-dealkylation sites (tertiary alicyclic amines) is 1. The predicted octanol–water partition coefficient (Wildman–Crippen LogP) is 3.28. The molecular weight excluding hydrogens is 351 g/mol. The van der Waals surface area contributed by atoms with Gasteiger partial charge in [-0.15, -0.1) is 0 Å². The SMILES string of the molecule is CC(=O)NC1CCCN(C(=O)CCCOc2ccc(Cl)cc2Cl)C1. The standard InChI is InChI=1S/C17H22Cl2N2O3/c1-12(22)20-14-4-2-8-21(11-14)17(23)5-3-9-24-16-7-6-13(18)10-15(16)19/h6-7,10,14H,2-5,8-9,11H2,1H3,(H,20,22). The van der Waals surface area contributed by atoms with E-state index in [4.69, 9.17) is 27.9 Å². The van der Waals surface area contributed by atoms with Gasteiger partial charge in [-0.05, 0) is 37.5 Å². The zero-order chi connectivity index (χ0) is 17.5. The number of ether oxygens (including phenoxy) is 1. The molecule has 2 amide bonds. The maximum Gasteiger partial charge on any atom is 0.222 e. The average molecular weight is 373 g/mol. The molecule has 0 aromatic heterocycles. The zero-order valence-corrected chi connectivity index (χ0v) is 15.2. The molecule has 1 aromatic rings. The minimum atomic E-state index is -0.0532. The number of rotatable bonds is 6. The third-order valence-electron chi connectivity index (χ3n) is 3.87. The molecule has 1 unspecified atom stereocenters. The van der Waals surface area contributed by atoms with Gasteiger partial charge in [0.2, 0.25) is 11.8 Å². The number of nitrogens with zero attached hydrogens (tertiary/aromatic N) is 1. The molecule has 24 heavy (non-hydrogen) atoms. The molecule has 1 atom stereocenters. The molecule has 1 N–H and O–H groups in total. The summed E-state index contributed by atoms with van der Waals surface area (Å²) in [6, 6.07) is 5.11. The topological polar surface area (TPSA) is 58.6 Å². The lowest BCUT2D eigenvalue weighted by atomic mass is 10.1. The Labute approximate surface area is 152 Å². The Balaban J connectivity index is 1.71. The Bertz CT molecular complexity index is 595. The largest absolute Gasteiger partial charge is 0.492 e. The molecule has 132 valence electrons. The second-order valence-electron chi connectivity index (χ2n) is 5.91. The van der Waals surface area contributed by atoms with Crippen LogP contribution in [0.15, 0.2) is 18.2 Å². The van der Waals surface area contributed by atoms with Crippen molar-refractivity contribution in [2.75, 3.05) is 19.7 Å². The molecule has 1 aliphatic rings. The van der Waals surface area contributed by atoms with Crippen molar-refractivity contribution < 1.29 is 14.3 Å². The lowest BCUT2D eigenvalue weighted by molar-refractivity contribution is -0.133. The van der Waals surface area contributed by atoms with Gasteiger partial charge in [-0.1, -0.05) is 23.2 Å². The van der Waals surface area contributed by atoms with Gasteiger partial charge in [0.05, 0.1) is 11.6 Å². The summed E-state index contributed by atoms with van der Waals surface area (Å²) in [4.78, 5) is 25.2. The van der Waals surface area contributed by atoms with Crippen molar-refractivity contribution in [2.24, 2.45) is 0 Å². The van der Waals surface area contributed by atoms with Crippen LogP contribution >= 0.6 is 23.2 Å². The van der Waals surface area contributed by atoms with Gasteiger partial charge < -0.3 is 15.0 Å². The van der Waals surface area contributed by atoms with Crippen molar-refractivity contribution in [2.45, 2.75) is 38.6 Å². The highest BCUT2D eigenvalue weighted by Crippen LogP contribution is 2.27. The van der Waals surface area contributed by atoms with Crippen molar-refractivity contribution in [3.05, 3.63) is 28.2 Å². The van der Waals surface area contributed by atoms with Gasteiger partial charge in [0.1, 0.15) is 5.75 Å². The minimum absolute atomic E-state index is 0.0532. The molecule has 7 heteroatoms. The summed E-state index contributed by atoms with van der Waals surface area (Å²) in [5.41, 5.74) is 0. The molecular formula is C17H22Cl2N2O3. The van der Waals surface area contributed by atoms with E-state index >= 15 is 0 Å². The Morgan fingerprint density at radius 2 is 2.17 bits per heavy atom. The van der Waals surface area contributed by atoms with Crippen LogP contribution in [0.1, 0.15) is 32.6 Å². The highest BCUT2D eigenvalue weighted by Gasteiger charge is 2.23. The Kier molecular flexibility index (Phi) is 7.18. The van der Waals surface area contributed by atoms with Gasteiger partial charge in [-0.25, -0.2) is 0 Å². The highest BCUT2D eigenvalue weighted by molar-refractivity contribution is 6.35. The second-order valence-corrected chi connectivity index (χ2v) is 6.75. The first-order valence-corrected chi connectivity index (χ1v) is 8.84. The van der Waals surface area contributed by atoms with E-state index in [2.05, 4.69) is 5.32 Å². The lowest BCUT2D eigenvalue weighted by Crippen LogP contribution is -2.49. The summed E-state index contributed by atoms with van der Waals surface area (Å²) >= 11 is 11.9. The van der Waals surface area contributed by atoms with Crippen LogP contribution in [-0.2, 0) is 9.59 Å². The third kappa shape index (κ3) is 5.87. The number of amides is 2. The van der Waals surface area contributed by atoms with E-state index in [1.54, 1.807) is 18.2 Å². The van der Waals surface area contributed by atoms with Crippen molar-refractivity contribution in [3.8, 4) is 5.75 Å². The first-order valence-electron chi connectivity index (χ1n) is 8.08. The van der Waals surface area contributed by atoms with Crippen molar-refractivity contribution in [1.82, 2.24) is 10.2 Å². The molecule has 5 nitrogen and oxygen atoms in total. The zero-order valence-electron chi connectivity index (χ0n) is 13.7. The summed E-state index contributed by atoms with van der Waals surface area (Å²) in [5.74, 6) is 0.607. The fourth-order valence-electron chi connectivity index (χ4n) is 2.76. The molecule has 0 bridgehead atoms. The quantitative estimate of drug-likeness (QED) is 0.779. The first-order chi connectivity index (χ1) is 11.5. The van der Waals surface area contributed by atoms with Crippen LogP contribution in [0, 0.1) is 0 Å². The third-order valence-corrected chi connectivity index (χ3v) is 4.40. The van der Waals surface area contributed by atoms with E-state index in [0.29, 0.717) is 41.8 Å². The fraction of sp³-hybridized carbons (Fsp3) is 0.529. The summed E-state index contributed by atoms with van der Waals surface area (Å²) in [6.07, 6.45) is 2.85. The van der Waals surface area contributed by atoms with E-state index in [0.717, 1.165) is 19.4 Å². The van der Waals surface area contributed by atoms with Crippen LogP contribution in [0.2, 0.25) is 10.0 Å². The molecule has 1 heterocycles. The number of nitrogens with one attached hydrogen (secondary N) is 1. The smallest absolute Gasteiger partial charge is 0.222 e. The number of carbonyl (C=O) groups is 2. The number of hydrogen-bond acceptors (Lipinski definition) is 3. The molecule has 1 aliphatic heterocycles. The van der Waals surface area contributed by atoms with Crippen LogP contribution in [0.25, 0.3) is 0 Å². The Morgan fingerprint density at radius 1 is 1.38 bits per heavy atom. The van der Waals surface area contributed by atoms with Gasteiger partial charge >= 0.3 is 0 Å². The molecule has 0 saturated carbocycles. The van der Waals surface area contributed by atoms with Crippen LogP contribution in [0.3, 0.4) is 0 Å². The van der Waals surface area contributed by atoms with Gasteiger partial charge in [0.25, 0.3) is 0 Å². The van der Waals surface area contributed by atoms with Crippen LogP contribution in [0.4, 0.5) is 0 Å². The summed E-state index contributed by atoms with van der Waals surface area (Å²) in [7, 11) is 0. The maximum atomic E-state index is 12.3. The molecule has 0 spiro atoms. The van der Waals surface area contributed by atoms with Gasteiger partial charge in [-0.3, -0.25) is 9.59 Å². The van der Waals surface area contributed by atoms with E-state index < -0.39 is 0 Å². The van der Waals surface area contributed by atoms with Crippen molar-refractivity contribution in [3.63, 3.8) is 0 Å². The summed E-state index contributed by atoms with van der Waals surface area (Å²) < 4.78 is 5.58. The molecule has 1 saturated heterocycles. The second kappa shape index (κ2) is 9.14. The average Bonchev–Trinajstić information content (AvgIpc) is 2.52. The van der Waals surface area contributed by atoms with E-state index in [1.165, 1.54) is 6.92 Å². The summed E-state index contributed by atoms with van der Waals surface area (Å²) in [5, 5.41) is 3.90. The molecule has 2 rings (SSSR count). The number of hydrogen-bond donors (Lipinski definition) is 1. The molecule has 1 fully saturated rings. The van der Waals surface area contributed by atoms with Crippen molar-refractivity contribution >= 4 is 35.0 Å². The van der Waals surface area contributed by atoms with E-state index in [9.17, 15) is 9.59 Å². The van der Waals surface area contributed by atoms with Crippen LogP contribution in [-0.4, -0.2) is 42.5 Å². The Hall–Kier alpha value is -1.46. The number of halogens is 2. The van der Waals surface area contributed by atoms with E-state index in [-0.39, 0.29) is 17.9 Å². The first kappa shape index (κ1) is 18.9.